The third kappa shape index (κ3) is 4.72. The summed E-state index contributed by atoms with van der Waals surface area (Å²) in [4.78, 5) is 19.8. The van der Waals surface area contributed by atoms with Crippen molar-refractivity contribution in [1.29, 1.82) is 0 Å². The molecule has 0 bridgehead atoms. The zero-order valence-electron chi connectivity index (χ0n) is 18.9. The van der Waals surface area contributed by atoms with Crippen LogP contribution in [0.3, 0.4) is 0 Å². The number of nitrogens with zero attached hydrogens (tertiary/aromatic N) is 4. The number of hydrogen-bond donors (Lipinski definition) is 0. The maximum atomic E-state index is 12.8. The SMILES string of the molecule is CN(C)c1ccc(C2CC(c3ccccc3)=NN2C2=NC(=O)/C(=C/c3ccc(Br)cc3)S2)cc1. The van der Waals surface area contributed by atoms with E-state index in [2.05, 4.69) is 62.2 Å². The number of rotatable bonds is 4. The lowest BCUT2D eigenvalue weighted by molar-refractivity contribution is -0.113. The molecule has 0 aromatic heterocycles. The number of carbonyl (C=O) groups is 1. The van der Waals surface area contributed by atoms with E-state index in [-0.39, 0.29) is 11.9 Å². The van der Waals surface area contributed by atoms with Gasteiger partial charge in [-0.15, -0.1) is 0 Å². The summed E-state index contributed by atoms with van der Waals surface area (Å²) in [5.74, 6) is -0.229. The number of carbonyl (C=O) groups excluding carboxylic acids is 1. The molecule has 2 heterocycles. The standard InChI is InChI=1S/C27H23BrN4OS/c1-31(2)22-14-10-20(11-15-22)24-17-23(19-6-4-3-5-7-19)30-32(24)27-29-26(33)25(34-27)16-18-8-12-21(28)13-9-18/h3-16,24H,17H2,1-2H3/b25-16-. The van der Waals surface area contributed by atoms with Gasteiger partial charge in [-0.05, 0) is 58.8 Å². The largest absolute Gasteiger partial charge is 0.378 e. The van der Waals surface area contributed by atoms with Crippen molar-refractivity contribution in [2.75, 3.05) is 19.0 Å². The smallest absolute Gasteiger partial charge is 0.286 e. The summed E-state index contributed by atoms with van der Waals surface area (Å²) in [6, 6.07) is 26.5. The quantitative estimate of drug-likeness (QED) is 0.369. The highest BCUT2D eigenvalue weighted by atomic mass is 79.9. The Balaban J connectivity index is 1.47. The molecule has 2 aliphatic rings. The first kappa shape index (κ1) is 22.6. The molecule has 5 rings (SSSR count). The van der Waals surface area contributed by atoms with E-state index in [0.717, 1.165) is 39.0 Å². The van der Waals surface area contributed by atoms with Gasteiger partial charge >= 0.3 is 0 Å². The number of hydrogen-bond acceptors (Lipinski definition) is 5. The summed E-state index contributed by atoms with van der Waals surface area (Å²) < 4.78 is 1.000. The number of hydrazone groups is 1. The minimum atomic E-state index is -0.229. The molecule has 7 heteroatoms. The van der Waals surface area contributed by atoms with Crippen molar-refractivity contribution >= 4 is 56.2 Å². The molecule has 34 heavy (non-hydrogen) atoms. The van der Waals surface area contributed by atoms with Gasteiger partial charge in [0.1, 0.15) is 0 Å². The number of benzene rings is 3. The van der Waals surface area contributed by atoms with E-state index < -0.39 is 0 Å². The van der Waals surface area contributed by atoms with Gasteiger partial charge in [-0.25, -0.2) is 5.01 Å². The van der Waals surface area contributed by atoms with Crippen molar-refractivity contribution in [3.63, 3.8) is 0 Å². The molecule has 0 aliphatic carbocycles. The number of amides is 1. The summed E-state index contributed by atoms with van der Waals surface area (Å²) >= 11 is 4.83. The zero-order chi connectivity index (χ0) is 23.7. The normalized spacial score (nSPS) is 18.9. The molecule has 0 radical (unpaired) electrons. The molecule has 1 amide bonds. The van der Waals surface area contributed by atoms with E-state index in [9.17, 15) is 4.79 Å². The van der Waals surface area contributed by atoms with Gasteiger partial charge in [0.25, 0.3) is 5.91 Å². The highest BCUT2D eigenvalue weighted by Gasteiger charge is 2.36. The molecule has 0 N–H and O–H groups in total. The Morgan fingerprint density at radius 1 is 1.00 bits per heavy atom. The van der Waals surface area contributed by atoms with Crippen molar-refractivity contribution in [2.24, 2.45) is 10.1 Å². The Kier molecular flexibility index (Phi) is 6.39. The van der Waals surface area contributed by atoms with E-state index in [1.165, 1.54) is 11.8 Å². The van der Waals surface area contributed by atoms with Crippen LogP contribution in [-0.4, -0.2) is 35.9 Å². The lowest BCUT2D eigenvalue weighted by Gasteiger charge is -2.23. The molecule has 0 saturated heterocycles. The first-order valence-corrected chi connectivity index (χ1v) is 12.6. The Bertz CT molecular complexity index is 1300. The summed E-state index contributed by atoms with van der Waals surface area (Å²) in [6.07, 6.45) is 2.62. The van der Waals surface area contributed by atoms with Crippen LogP contribution in [0.15, 0.2) is 98.3 Å². The molecule has 1 unspecified atom stereocenters. The van der Waals surface area contributed by atoms with Crippen LogP contribution in [0.5, 0.6) is 0 Å². The van der Waals surface area contributed by atoms with Gasteiger partial charge in [0.05, 0.1) is 16.7 Å². The van der Waals surface area contributed by atoms with Gasteiger partial charge in [-0.2, -0.15) is 10.1 Å². The molecule has 1 atom stereocenters. The number of halogens is 1. The van der Waals surface area contributed by atoms with Crippen LogP contribution < -0.4 is 4.90 Å². The Labute approximate surface area is 212 Å². The zero-order valence-corrected chi connectivity index (χ0v) is 21.3. The highest BCUT2D eigenvalue weighted by Crippen LogP contribution is 2.40. The summed E-state index contributed by atoms with van der Waals surface area (Å²) in [5.41, 5.74) is 5.31. The molecule has 170 valence electrons. The lowest BCUT2D eigenvalue weighted by atomic mass is 9.98. The first-order chi connectivity index (χ1) is 16.5. The van der Waals surface area contributed by atoms with Gasteiger partial charge in [-0.1, -0.05) is 70.5 Å². The van der Waals surface area contributed by atoms with E-state index >= 15 is 0 Å². The third-order valence-corrected chi connectivity index (χ3v) is 7.29. The molecular weight excluding hydrogens is 508 g/mol. The van der Waals surface area contributed by atoms with Crippen LogP contribution in [0.25, 0.3) is 6.08 Å². The molecule has 0 fully saturated rings. The van der Waals surface area contributed by atoms with Crippen molar-refractivity contribution in [3.8, 4) is 0 Å². The monoisotopic (exact) mass is 530 g/mol. The molecule has 0 spiro atoms. The van der Waals surface area contributed by atoms with E-state index in [4.69, 9.17) is 5.10 Å². The minimum Gasteiger partial charge on any atom is -0.378 e. The molecule has 0 saturated carbocycles. The molecule has 3 aromatic rings. The second kappa shape index (κ2) is 9.60. The molecule has 5 nitrogen and oxygen atoms in total. The first-order valence-electron chi connectivity index (χ1n) is 11.0. The molecular formula is C27H23BrN4OS. The fraction of sp³-hybridized carbons (Fsp3) is 0.148. The van der Waals surface area contributed by atoms with Crippen molar-refractivity contribution < 1.29 is 4.79 Å². The maximum Gasteiger partial charge on any atom is 0.286 e. The minimum absolute atomic E-state index is 0.0301. The predicted octanol–water partition coefficient (Wildman–Crippen LogP) is 6.34. The molecule has 3 aromatic carbocycles. The molecule has 2 aliphatic heterocycles. The number of anilines is 1. The lowest BCUT2D eigenvalue weighted by Crippen LogP contribution is -2.23. The summed E-state index contributed by atoms with van der Waals surface area (Å²) in [5, 5.41) is 7.47. The van der Waals surface area contributed by atoms with Crippen LogP contribution in [0.4, 0.5) is 5.69 Å². The summed E-state index contributed by atoms with van der Waals surface area (Å²) in [6.45, 7) is 0. The maximum absolute atomic E-state index is 12.8. The van der Waals surface area contributed by atoms with Crippen LogP contribution in [-0.2, 0) is 4.79 Å². The van der Waals surface area contributed by atoms with Crippen molar-refractivity contribution in [3.05, 3.63) is 105 Å². The topological polar surface area (TPSA) is 48.3 Å². The van der Waals surface area contributed by atoms with Crippen molar-refractivity contribution in [2.45, 2.75) is 12.5 Å². The van der Waals surface area contributed by atoms with Crippen LogP contribution in [0.2, 0.25) is 0 Å². The van der Waals surface area contributed by atoms with Crippen LogP contribution in [0.1, 0.15) is 29.2 Å². The van der Waals surface area contributed by atoms with Gasteiger partial charge in [-0.3, -0.25) is 4.79 Å². The van der Waals surface area contributed by atoms with Gasteiger partial charge in [0, 0.05) is 30.7 Å². The predicted molar refractivity (Wildman–Crippen MR) is 145 cm³/mol. The van der Waals surface area contributed by atoms with E-state index in [0.29, 0.717) is 10.1 Å². The Morgan fingerprint density at radius 2 is 1.71 bits per heavy atom. The fourth-order valence-electron chi connectivity index (χ4n) is 3.95. The van der Waals surface area contributed by atoms with Crippen LogP contribution >= 0.6 is 27.7 Å². The number of amidine groups is 1. The van der Waals surface area contributed by atoms with Gasteiger partial charge < -0.3 is 4.90 Å². The van der Waals surface area contributed by atoms with Crippen molar-refractivity contribution in [1.82, 2.24) is 5.01 Å². The number of thioether (sulfide) groups is 1. The Morgan fingerprint density at radius 3 is 2.38 bits per heavy atom. The second-order valence-corrected chi connectivity index (χ2v) is 10.2. The average Bonchev–Trinajstić information content (AvgIpc) is 3.45. The third-order valence-electron chi connectivity index (χ3n) is 5.78. The van der Waals surface area contributed by atoms with Gasteiger partial charge in [0.15, 0.2) is 5.17 Å². The Hall–Kier alpha value is -3.16. The van der Waals surface area contributed by atoms with Crippen LogP contribution in [0, 0.1) is 0 Å². The summed E-state index contributed by atoms with van der Waals surface area (Å²) in [7, 11) is 4.06. The number of aliphatic imine (C=N–C) groups is 1. The fourth-order valence-corrected chi connectivity index (χ4v) is 5.13. The average molecular weight is 531 g/mol. The second-order valence-electron chi connectivity index (χ2n) is 8.32. The van der Waals surface area contributed by atoms with Gasteiger partial charge in [0.2, 0.25) is 0 Å². The highest BCUT2D eigenvalue weighted by molar-refractivity contribution is 9.10. The van der Waals surface area contributed by atoms with E-state index in [1.54, 1.807) is 0 Å². The van der Waals surface area contributed by atoms with E-state index in [1.807, 2.05) is 67.6 Å².